The van der Waals surface area contributed by atoms with Gasteiger partial charge in [-0.05, 0) is 38.3 Å². The van der Waals surface area contributed by atoms with Crippen LogP contribution in [0.1, 0.15) is 40.4 Å². The second-order valence-electron chi connectivity index (χ2n) is 3.88. The van der Waals surface area contributed by atoms with Gasteiger partial charge in [0.1, 0.15) is 0 Å². The lowest BCUT2D eigenvalue weighted by atomic mass is 10.2. The van der Waals surface area contributed by atoms with E-state index >= 15 is 0 Å². The van der Waals surface area contributed by atoms with E-state index in [9.17, 15) is 4.79 Å². The average Bonchev–Trinajstić information content (AvgIpc) is 2.70. The van der Waals surface area contributed by atoms with Gasteiger partial charge in [-0.1, -0.05) is 6.92 Å². The van der Waals surface area contributed by atoms with E-state index in [1.165, 1.54) is 10.4 Å². The quantitative estimate of drug-likeness (QED) is 0.761. The van der Waals surface area contributed by atoms with Crippen molar-refractivity contribution in [2.75, 3.05) is 19.8 Å². The van der Waals surface area contributed by atoms with Crippen LogP contribution < -0.4 is 5.32 Å². The Hall–Kier alpha value is -0.870. The molecule has 0 aliphatic rings. The zero-order valence-corrected chi connectivity index (χ0v) is 11.7. The number of carbonyl (C=O) groups excluding carboxylic acids is 1. The number of aryl methyl sites for hydroxylation is 2. The number of nitrogens with one attached hydrogen (secondary N) is 1. The third kappa shape index (κ3) is 4.48. The number of hydrogen-bond acceptors (Lipinski definition) is 3. The summed E-state index contributed by atoms with van der Waals surface area (Å²) in [5.41, 5.74) is 1.22. The van der Waals surface area contributed by atoms with Crippen LogP contribution in [0.3, 0.4) is 0 Å². The van der Waals surface area contributed by atoms with Gasteiger partial charge in [0.25, 0.3) is 5.91 Å². The molecular formula is C13H21NO2S. The molecule has 0 radical (unpaired) electrons. The van der Waals surface area contributed by atoms with Crippen molar-refractivity contribution in [1.82, 2.24) is 5.32 Å². The zero-order valence-electron chi connectivity index (χ0n) is 10.8. The van der Waals surface area contributed by atoms with Crippen molar-refractivity contribution in [3.05, 3.63) is 21.4 Å². The fraction of sp³-hybridized carbons (Fsp3) is 0.615. The highest BCUT2D eigenvalue weighted by Gasteiger charge is 2.10. The second kappa shape index (κ2) is 7.45. The van der Waals surface area contributed by atoms with Gasteiger partial charge in [-0.25, -0.2) is 0 Å². The van der Waals surface area contributed by atoms with Crippen molar-refractivity contribution in [3.63, 3.8) is 0 Å². The molecule has 0 saturated carbocycles. The largest absolute Gasteiger partial charge is 0.382 e. The predicted molar refractivity (Wildman–Crippen MR) is 71.9 cm³/mol. The lowest BCUT2D eigenvalue weighted by Gasteiger charge is -2.03. The van der Waals surface area contributed by atoms with Crippen molar-refractivity contribution >= 4 is 17.2 Å². The Balaban J connectivity index is 2.36. The van der Waals surface area contributed by atoms with Crippen molar-refractivity contribution in [3.8, 4) is 0 Å². The summed E-state index contributed by atoms with van der Waals surface area (Å²) in [6, 6.07) is 1.97. The maximum atomic E-state index is 11.8. The monoisotopic (exact) mass is 255 g/mol. The summed E-state index contributed by atoms with van der Waals surface area (Å²) in [6.07, 6.45) is 1.86. The highest BCUT2D eigenvalue weighted by molar-refractivity contribution is 7.14. The molecule has 0 atom stereocenters. The molecule has 96 valence electrons. The minimum absolute atomic E-state index is 0.0364. The van der Waals surface area contributed by atoms with Crippen LogP contribution in [-0.2, 0) is 11.2 Å². The first-order valence-electron chi connectivity index (χ1n) is 6.14. The van der Waals surface area contributed by atoms with Gasteiger partial charge >= 0.3 is 0 Å². The van der Waals surface area contributed by atoms with Gasteiger partial charge < -0.3 is 10.1 Å². The molecule has 1 N–H and O–H groups in total. The van der Waals surface area contributed by atoms with Gasteiger partial charge in [0, 0.05) is 24.6 Å². The predicted octanol–water partition coefficient (Wildman–Crippen LogP) is 2.78. The van der Waals surface area contributed by atoms with E-state index in [2.05, 4.69) is 19.2 Å². The smallest absolute Gasteiger partial charge is 0.261 e. The highest BCUT2D eigenvalue weighted by Crippen LogP contribution is 2.22. The van der Waals surface area contributed by atoms with Gasteiger partial charge in [0.2, 0.25) is 0 Å². The molecule has 0 spiro atoms. The van der Waals surface area contributed by atoms with E-state index in [4.69, 9.17) is 4.74 Å². The van der Waals surface area contributed by atoms with E-state index in [0.717, 1.165) is 24.3 Å². The summed E-state index contributed by atoms with van der Waals surface area (Å²) < 4.78 is 5.21. The van der Waals surface area contributed by atoms with Gasteiger partial charge in [0.15, 0.2) is 0 Å². The Morgan fingerprint density at radius 1 is 1.47 bits per heavy atom. The van der Waals surface area contributed by atoms with Gasteiger partial charge in [-0.2, -0.15) is 0 Å². The van der Waals surface area contributed by atoms with Crippen LogP contribution in [0, 0.1) is 6.92 Å². The van der Waals surface area contributed by atoms with Gasteiger partial charge in [-0.15, -0.1) is 11.3 Å². The molecule has 0 aliphatic carbocycles. The van der Waals surface area contributed by atoms with E-state index in [1.807, 2.05) is 13.0 Å². The van der Waals surface area contributed by atoms with Crippen molar-refractivity contribution < 1.29 is 9.53 Å². The molecule has 0 aliphatic heterocycles. The third-order valence-corrected chi connectivity index (χ3v) is 3.90. The Bertz CT molecular complexity index is 360. The average molecular weight is 255 g/mol. The van der Waals surface area contributed by atoms with Crippen LogP contribution >= 0.6 is 11.3 Å². The van der Waals surface area contributed by atoms with E-state index in [-0.39, 0.29) is 5.91 Å². The molecule has 1 aromatic rings. The number of hydrogen-bond donors (Lipinski definition) is 1. The minimum atomic E-state index is 0.0364. The summed E-state index contributed by atoms with van der Waals surface area (Å²) >= 11 is 1.59. The SMILES string of the molecule is CCOCCCNC(=O)c1cc(C)c(CC)s1. The molecule has 1 aromatic heterocycles. The highest BCUT2D eigenvalue weighted by atomic mass is 32.1. The second-order valence-corrected chi connectivity index (χ2v) is 5.01. The van der Waals surface area contributed by atoms with Gasteiger partial charge in [0.05, 0.1) is 4.88 Å². The molecule has 0 bridgehead atoms. The van der Waals surface area contributed by atoms with Crippen LogP contribution in [0.15, 0.2) is 6.07 Å². The van der Waals surface area contributed by atoms with Crippen LogP contribution in [0.25, 0.3) is 0 Å². The maximum absolute atomic E-state index is 11.8. The molecular weight excluding hydrogens is 234 g/mol. The number of amides is 1. The Morgan fingerprint density at radius 2 is 2.24 bits per heavy atom. The van der Waals surface area contributed by atoms with Crippen LogP contribution in [0.4, 0.5) is 0 Å². The first-order valence-corrected chi connectivity index (χ1v) is 6.95. The zero-order chi connectivity index (χ0) is 12.7. The lowest BCUT2D eigenvalue weighted by molar-refractivity contribution is 0.0948. The summed E-state index contributed by atoms with van der Waals surface area (Å²) in [7, 11) is 0. The van der Waals surface area contributed by atoms with Crippen LogP contribution in [0.2, 0.25) is 0 Å². The maximum Gasteiger partial charge on any atom is 0.261 e. The number of thiophene rings is 1. The fourth-order valence-electron chi connectivity index (χ4n) is 1.59. The molecule has 3 nitrogen and oxygen atoms in total. The third-order valence-electron chi connectivity index (χ3n) is 2.52. The Kier molecular flexibility index (Phi) is 6.22. The molecule has 0 aromatic carbocycles. The van der Waals surface area contributed by atoms with Crippen LogP contribution in [-0.4, -0.2) is 25.7 Å². The standard InChI is InChI=1S/C13H21NO2S/c1-4-11-10(3)9-12(17-11)13(15)14-7-6-8-16-5-2/h9H,4-8H2,1-3H3,(H,14,15). The normalized spacial score (nSPS) is 10.5. The molecule has 0 fully saturated rings. The van der Waals surface area contributed by atoms with E-state index < -0.39 is 0 Å². The Morgan fingerprint density at radius 3 is 2.82 bits per heavy atom. The molecule has 0 unspecified atom stereocenters. The van der Waals surface area contributed by atoms with E-state index in [0.29, 0.717) is 13.2 Å². The van der Waals surface area contributed by atoms with Crippen molar-refractivity contribution in [2.24, 2.45) is 0 Å². The molecule has 0 saturated heterocycles. The molecule has 4 heteroatoms. The molecule has 1 heterocycles. The van der Waals surface area contributed by atoms with Crippen molar-refractivity contribution in [2.45, 2.75) is 33.6 Å². The fourth-order valence-corrected chi connectivity index (χ4v) is 2.62. The number of rotatable bonds is 7. The first-order chi connectivity index (χ1) is 8.19. The molecule has 1 rings (SSSR count). The van der Waals surface area contributed by atoms with Crippen molar-refractivity contribution in [1.29, 1.82) is 0 Å². The lowest BCUT2D eigenvalue weighted by Crippen LogP contribution is -2.24. The summed E-state index contributed by atoms with van der Waals surface area (Å²) in [6.45, 7) is 8.26. The van der Waals surface area contributed by atoms with Gasteiger partial charge in [-0.3, -0.25) is 4.79 Å². The summed E-state index contributed by atoms with van der Waals surface area (Å²) in [4.78, 5) is 13.9. The van der Waals surface area contributed by atoms with Crippen LogP contribution in [0.5, 0.6) is 0 Å². The topological polar surface area (TPSA) is 38.3 Å². The first kappa shape index (κ1) is 14.2. The summed E-state index contributed by atoms with van der Waals surface area (Å²) in [5.74, 6) is 0.0364. The molecule has 17 heavy (non-hydrogen) atoms. The number of carbonyl (C=O) groups is 1. The molecule has 1 amide bonds. The minimum Gasteiger partial charge on any atom is -0.382 e. The van der Waals surface area contributed by atoms with E-state index in [1.54, 1.807) is 11.3 Å². The Labute approximate surface area is 107 Å². The number of ether oxygens (including phenoxy) is 1. The summed E-state index contributed by atoms with van der Waals surface area (Å²) in [5, 5.41) is 2.91.